The van der Waals surface area contributed by atoms with Crippen molar-refractivity contribution in [2.24, 2.45) is 10.8 Å². The van der Waals surface area contributed by atoms with Crippen LogP contribution in [-0.2, 0) is 45.3 Å². The Hall–Kier alpha value is -7.70. The summed E-state index contributed by atoms with van der Waals surface area (Å²) in [7, 11) is 0. The Morgan fingerprint density at radius 2 is 0.522 bits per heavy atom. The fourth-order valence-electron chi connectivity index (χ4n) is 14.7. The minimum absolute atomic E-state index is 0.0148. The van der Waals surface area contributed by atoms with E-state index in [0.29, 0.717) is 11.1 Å². The molecule has 10 aromatic carbocycles. The van der Waals surface area contributed by atoms with Crippen molar-refractivity contribution in [1.82, 2.24) is 0 Å². The maximum Gasteiger partial charge on any atom is 0.131 e. The van der Waals surface area contributed by atoms with Crippen molar-refractivity contribution in [1.29, 1.82) is 0 Å². The lowest BCUT2D eigenvalue weighted by Gasteiger charge is -2.34. The molecule has 0 amide bonds. The molecule has 0 aliphatic heterocycles. The first-order valence-corrected chi connectivity index (χ1v) is 33.1. The lowest BCUT2D eigenvalue weighted by atomic mass is 9.71. The Morgan fingerprint density at radius 3 is 0.772 bits per heavy atom. The van der Waals surface area contributed by atoms with Crippen molar-refractivity contribution in [3.63, 3.8) is 0 Å². The molecule has 6 heteroatoms. The molecule has 4 N–H and O–H groups in total. The van der Waals surface area contributed by atoms with Crippen LogP contribution in [0.25, 0.3) is 87.6 Å². The van der Waals surface area contributed by atoms with Gasteiger partial charge in [0.15, 0.2) is 0 Å². The van der Waals surface area contributed by atoms with E-state index >= 15 is 8.78 Å². The lowest BCUT2D eigenvalue weighted by Crippen LogP contribution is -2.25. The van der Waals surface area contributed by atoms with Crippen LogP contribution in [0.2, 0.25) is 0 Å². The predicted octanol–water partition coefficient (Wildman–Crippen LogP) is 24.5. The predicted molar refractivity (Wildman–Crippen MR) is 388 cm³/mol. The number of hydrogen-bond donors (Lipinski definition) is 4. The van der Waals surface area contributed by atoms with Crippen molar-refractivity contribution >= 4 is 43.1 Å². The van der Waals surface area contributed by atoms with Crippen molar-refractivity contribution in [3.05, 3.63) is 190 Å². The third-order valence-electron chi connectivity index (χ3n) is 19.2. The minimum Gasteiger partial charge on any atom is -0.507 e. The molecule has 0 unspecified atom stereocenters. The molecule has 10 aromatic rings. The van der Waals surface area contributed by atoms with Gasteiger partial charge in [0, 0.05) is 44.5 Å². The second-order valence-corrected chi connectivity index (χ2v) is 34.8. The van der Waals surface area contributed by atoms with Crippen LogP contribution in [0, 0.1) is 22.5 Å². The monoisotopic (exact) mass is 1230 g/mol. The van der Waals surface area contributed by atoms with Gasteiger partial charge in [-0.05, 0) is 242 Å². The van der Waals surface area contributed by atoms with E-state index in [1.54, 1.807) is 0 Å². The van der Waals surface area contributed by atoms with Crippen molar-refractivity contribution < 1.29 is 29.2 Å². The van der Waals surface area contributed by atoms with Crippen molar-refractivity contribution in [2.75, 3.05) is 0 Å². The molecule has 0 saturated carbocycles. The number of hydrogen-bond acceptors (Lipinski definition) is 4. The van der Waals surface area contributed by atoms with Gasteiger partial charge in [-0.25, -0.2) is 8.78 Å². The third-order valence-corrected chi connectivity index (χ3v) is 19.2. The fraction of sp³-hybridized carbons (Fsp3) is 0.395. The molecule has 0 fully saturated rings. The van der Waals surface area contributed by atoms with Gasteiger partial charge in [-0.15, -0.1) is 0 Å². The van der Waals surface area contributed by atoms with Gasteiger partial charge in [0.2, 0.25) is 0 Å². The first kappa shape index (κ1) is 67.2. The molecular formula is C86H100F2O4. The molecule has 0 saturated heterocycles. The summed E-state index contributed by atoms with van der Waals surface area (Å²) >= 11 is 0. The van der Waals surface area contributed by atoms with Gasteiger partial charge in [0.05, 0.1) is 0 Å². The van der Waals surface area contributed by atoms with Gasteiger partial charge in [-0.3, -0.25) is 0 Å². The summed E-state index contributed by atoms with van der Waals surface area (Å²) in [5.74, 6) is -1.91. The van der Waals surface area contributed by atoms with E-state index in [-0.39, 0.29) is 102 Å². The van der Waals surface area contributed by atoms with Crippen molar-refractivity contribution in [3.8, 4) is 67.5 Å². The SMILES string of the molecule is CC(C)(C)CC(C)(C)c1cc(-c2cc(F)cc(CCc3cc(F)cc(-c4cc(C(C)(C)CC(C)(C)C)cc(-c5c6cc(C(C)(C)C)ccc6cc6ccc(C(C)(C)C)cc56)c4O)c3O)c2O)c(O)c(-c2c3cc(C(C)(C)C)ccc3cc3ccc(C(C)(C)C)cc23)c1. The maximum absolute atomic E-state index is 16.8. The fourth-order valence-corrected chi connectivity index (χ4v) is 14.7. The van der Waals surface area contributed by atoms with E-state index in [1.807, 2.05) is 12.1 Å². The molecule has 482 valence electrons. The van der Waals surface area contributed by atoms with Gasteiger partial charge < -0.3 is 20.4 Å². The molecule has 0 radical (unpaired) electrons. The van der Waals surface area contributed by atoms with E-state index < -0.39 is 22.5 Å². The van der Waals surface area contributed by atoms with Crippen LogP contribution >= 0.6 is 0 Å². The molecule has 0 atom stereocenters. The van der Waals surface area contributed by atoms with E-state index in [1.165, 1.54) is 24.3 Å². The quantitative estimate of drug-likeness (QED) is 0.0973. The van der Waals surface area contributed by atoms with Crippen LogP contribution in [0.3, 0.4) is 0 Å². The number of aromatic hydroxyl groups is 4. The molecule has 0 aliphatic carbocycles. The Morgan fingerprint density at radius 1 is 0.272 bits per heavy atom. The molecule has 0 spiro atoms. The van der Waals surface area contributed by atoms with Crippen LogP contribution in [0.1, 0.15) is 210 Å². The minimum atomic E-state index is -0.630. The average Bonchev–Trinajstić information content (AvgIpc) is 0.738. The van der Waals surface area contributed by atoms with E-state index in [0.717, 1.165) is 100 Å². The van der Waals surface area contributed by atoms with E-state index in [2.05, 4.69) is 249 Å². The third kappa shape index (κ3) is 13.4. The summed E-state index contributed by atoms with van der Waals surface area (Å²) in [5, 5.41) is 59.9. The van der Waals surface area contributed by atoms with Crippen LogP contribution in [0.5, 0.6) is 23.0 Å². The summed E-state index contributed by atoms with van der Waals surface area (Å²) in [4.78, 5) is 0. The smallest absolute Gasteiger partial charge is 0.131 e. The van der Waals surface area contributed by atoms with Crippen LogP contribution in [-0.4, -0.2) is 20.4 Å². The molecule has 0 aromatic heterocycles. The van der Waals surface area contributed by atoms with Gasteiger partial charge in [-0.1, -0.05) is 201 Å². The van der Waals surface area contributed by atoms with E-state index in [9.17, 15) is 20.4 Å². The number of phenols is 4. The number of phenolic OH excluding ortho intramolecular Hbond substituents is 4. The topological polar surface area (TPSA) is 80.9 Å². The molecule has 10 rings (SSSR count). The number of fused-ring (bicyclic) bond motifs is 4. The highest BCUT2D eigenvalue weighted by atomic mass is 19.1. The second kappa shape index (κ2) is 23.1. The normalized spacial score (nSPS) is 13.3. The number of benzene rings is 10. The Bertz CT molecular complexity index is 4130. The van der Waals surface area contributed by atoms with Crippen LogP contribution in [0.4, 0.5) is 8.78 Å². The number of halogens is 2. The molecular weight excluding hydrogens is 1130 g/mol. The lowest BCUT2D eigenvalue weighted by molar-refractivity contribution is 0.283. The average molecular weight is 1240 g/mol. The molecule has 92 heavy (non-hydrogen) atoms. The molecule has 0 bridgehead atoms. The maximum atomic E-state index is 16.8. The Kier molecular flexibility index (Phi) is 16.9. The van der Waals surface area contributed by atoms with Gasteiger partial charge >= 0.3 is 0 Å². The zero-order valence-corrected chi connectivity index (χ0v) is 59.1. The van der Waals surface area contributed by atoms with Gasteiger partial charge in [-0.2, -0.15) is 0 Å². The first-order valence-electron chi connectivity index (χ1n) is 33.1. The number of aryl methyl sites for hydroxylation is 2. The summed E-state index contributed by atoms with van der Waals surface area (Å²) in [6, 6.07) is 43.9. The Labute approximate surface area is 547 Å². The summed E-state index contributed by atoms with van der Waals surface area (Å²) in [6.07, 6.45) is 1.52. The molecule has 0 aliphatic rings. The Balaban J connectivity index is 1.16. The van der Waals surface area contributed by atoms with Crippen LogP contribution in [0.15, 0.2) is 133 Å². The highest BCUT2D eigenvalue weighted by Gasteiger charge is 2.34. The molecule has 4 nitrogen and oxygen atoms in total. The van der Waals surface area contributed by atoms with Gasteiger partial charge in [0.1, 0.15) is 34.6 Å². The summed E-state index contributed by atoms with van der Waals surface area (Å²) in [6.45, 7) is 48.5. The number of rotatable bonds is 11. The van der Waals surface area contributed by atoms with Crippen LogP contribution < -0.4 is 0 Å². The standard InChI is InChI=1S/C86H100F2O4/c1-79(2,3)47-85(19,20)59-41-67(77(91)71(43-59)73-63-37-55(81(7,8)9)29-25-49(63)33-50-26-30-56(38-64(50)73)82(10,11)12)69-45-61(87)35-53(75(69)89)23-24-54-36-62(88)46-70(76(54)90)68-42-60(86(21,22)48-80(4,5)6)44-72(78(68)92)74-65-39-57(83(13,14)15)31-27-51(65)34-52-28-32-58(40-66(52)74)84(16,17)18/h25-46,89-92H,23-24,47-48H2,1-22H3. The van der Waals surface area contributed by atoms with E-state index in [4.69, 9.17) is 0 Å². The largest absolute Gasteiger partial charge is 0.507 e. The highest BCUT2D eigenvalue weighted by Crippen LogP contribution is 2.54. The molecule has 0 heterocycles. The zero-order valence-electron chi connectivity index (χ0n) is 59.1. The highest BCUT2D eigenvalue weighted by molar-refractivity contribution is 6.16. The first-order chi connectivity index (χ1) is 42.3. The second-order valence-electron chi connectivity index (χ2n) is 34.8. The van der Waals surface area contributed by atoms with Gasteiger partial charge in [0.25, 0.3) is 0 Å². The summed E-state index contributed by atoms with van der Waals surface area (Å²) in [5.41, 5.74) is 8.58. The van der Waals surface area contributed by atoms with Crippen molar-refractivity contribution in [2.45, 2.75) is 210 Å². The summed E-state index contributed by atoms with van der Waals surface area (Å²) < 4.78 is 33.5. The zero-order chi connectivity index (χ0) is 67.7.